The van der Waals surface area contributed by atoms with Gasteiger partial charge in [-0.15, -0.1) is 0 Å². The fourth-order valence-corrected chi connectivity index (χ4v) is 0.765. The van der Waals surface area contributed by atoms with E-state index >= 15 is 0 Å². The number of aliphatic imine (C=N–C) groups is 2. The summed E-state index contributed by atoms with van der Waals surface area (Å²) < 4.78 is 5.10. The molecule has 0 aliphatic rings. The summed E-state index contributed by atoms with van der Waals surface area (Å²) in [5, 5.41) is 0. The van der Waals surface area contributed by atoms with Crippen LogP contribution in [0.25, 0.3) is 0 Å². The Morgan fingerprint density at radius 3 is 2.75 bits per heavy atom. The molecule has 0 atom stereocenters. The molecule has 0 heterocycles. The van der Waals surface area contributed by atoms with Crippen LogP contribution in [-0.4, -0.2) is 26.4 Å². The first-order chi connectivity index (χ1) is 5.77. The number of rotatable bonds is 6. The molecule has 0 saturated carbocycles. The summed E-state index contributed by atoms with van der Waals surface area (Å²) in [5.74, 6) is 0.753. The molecule has 3 heteroatoms. The van der Waals surface area contributed by atoms with Gasteiger partial charge < -0.3 is 4.74 Å². The minimum absolute atomic E-state index is 0.749. The molecule has 12 heavy (non-hydrogen) atoms. The minimum atomic E-state index is 0.749. The molecule has 0 aromatic rings. The van der Waals surface area contributed by atoms with Crippen molar-refractivity contribution in [2.45, 2.75) is 26.7 Å². The Kier molecular flexibility index (Phi) is 7.65. The van der Waals surface area contributed by atoms with Gasteiger partial charge in [-0.05, 0) is 18.8 Å². The number of hydrogen-bond donors (Lipinski definition) is 0. The topological polar surface area (TPSA) is 34.0 Å². The molecule has 0 aromatic carbocycles. The van der Waals surface area contributed by atoms with Gasteiger partial charge in [0.05, 0.1) is 6.61 Å². The van der Waals surface area contributed by atoms with Crippen LogP contribution in [0, 0.1) is 5.92 Å². The van der Waals surface area contributed by atoms with E-state index < -0.39 is 0 Å². The Labute approximate surface area is 74.6 Å². The van der Waals surface area contributed by atoms with Crippen LogP contribution in [0.15, 0.2) is 9.98 Å². The predicted molar refractivity (Wildman–Crippen MR) is 52.9 cm³/mol. The molecule has 70 valence electrons. The number of hydrogen-bond acceptors (Lipinski definition) is 2. The Morgan fingerprint density at radius 1 is 1.42 bits per heavy atom. The van der Waals surface area contributed by atoms with Gasteiger partial charge in [0, 0.05) is 7.05 Å². The second-order valence-corrected chi connectivity index (χ2v) is 3.04. The van der Waals surface area contributed by atoms with Gasteiger partial charge in [-0.25, -0.2) is 4.99 Å². The highest BCUT2D eigenvalue weighted by Gasteiger charge is 1.92. The van der Waals surface area contributed by atoms with Gasteiger partial charge in [0.1, 0.15) is 6.34 Å². The second-order valence-electron chi connectivity index (χ2n) is 3.04. The zero-order valence-electron chi connectivity index (χ0n) is 8.16. The van der Waals surface area contributed by atoms with Gasteiger partial charge >= 0.3 is 0 Å². The van der Waals surface area contributed by atoms with Gasteiger partial charge in [-0.3, -0.25) is 4.99 Å². The van der Waals surface area contributed by atoms with E-state index in [-0.39, 0.29) is 0 Å². The van der Waals surface area contributed by atoms with Crippen LogP contribution >= 0.6 is 0 Å². The van der Waals surface area contributed by atoms with Crippen molar-refractivity contribution in [1.82, 2.24) is 0 Å². The maximum Gasteiger partial charge on any atom is 0.175 e. The highest BCUT2D eigenvalue weighted by Crippen LogP contribution is 2.02. The summed E-state index contributed by atoms with van der Waals surface area (Å²) in [7, 11) is 1.68. The molecule has 0 saturated heterocycles. The summed E-state index contributed by atoms with van der Waals surface area (Å²) >= 11 is 0. The molecular weight excluding hydrogens is 152 g/mol. The molecule has 0 aromatic heterocycles. The van der Waals surface area contributed by atoms with Crippen molar-refractivity contribution in [3.05, 3.63) is 0 Å². The summed E-state index contributed by atoms with van der Waals surface area (Å²) in [5.41, 5.74) is 0. The average Bonchev–Trinajstić information content (AvgIpc) is 2.02. The van der Waals surface area contributed by atoms with Crippen molar-refractivity contribution in [2.24, 2.45) is 15.9 Å². The van der Waals surface area contributed by atoms with E-state index in [1.54, 1.807) is 7.05 Å². The van der Waals surface area contributed by atoms with Crippen molar-refractivity contribution in [1.29, 1.82) is 0 Å². The molecule has 0 aliphatic heterocycles. The quantitative estimate of drug-likeness (QED) is 0.341. The molecule has 0 bridgehead atoms. The summed E-state index contributed by atoms with van der Waals surface area (Å²) in [6, 6.07) is 0. The zero-order chi connectivity index (χ0) is 9.23. The molecule has 0 spiro atoms. The molecule has 0 fully saturated rings. The van der Waals surface area contributed by atoms with E-state index in [1.807, 2.05) is 0 Å². The lowest BCUT2D eigenvalue weighted by molar-refractivity contribution is 0.299. The zero-order valence-corrected chi connectivity index (χ0v) is 8.16. The first-order valence-corrected chi connectivity index (χ1v) is 4.31. The van der Waals surface area contributed by atoms with E-state index in [0.717, 1.165) is 18.9 Å². The maximum absolute atomic E-state index is 5.10. The van der Waals surface area contributed by atoms with Crippen LogP contribution in [0.3, 0.4) is 0 Å². The standard InChI is InChI=1S/C9H18N2O/c1-9(2)5-4-6-12-8-11-7-10-3/h7-9H,4-6H2,1-3H3/b10-7-,11-8-. The van der Waals surface area contributed by atoms with Crippen LogP contribution in [0.1, 0.15) is 26.7 Å². The first-order valence-electron chi connectivity index (χ1n) is 4.31. The summed E-state index contributed by atoms with van der Waals surface area (Å²) in [6.07, 6.45) is 5.19. The van der Waals surface area contributed by atoms with Gasteiger partial charge in [0.15, 0.2) is 6.40 Å². The van der Waals surface area contributed by atoms with Gasteiger partial charge in [-0.2, -0.15) is 0 Å². The second kappa shape index (κ2) is 8.24. The Bertz CT molecular complexity index is 141. The third kappa shape index (κ3) is 9.14. The minimum Gasteiger partial charge on any atom is -0.483 e. The fourth-order valence-electron chi connectivity index (χ4n) is 0.765. The third-order valence-corrected chi connectivity index (χ3v) is 1.36. The summed E-state index contributed by atoms with van der Waals surface area (Å²) in [4.78, 5) is 7.45. The van der Waals surface area contributed by atoms with Crippen LogP contribution in [-0.2, 0) is 4.74 Å². The Hall–Kier alpha value is -0.860. The number of nitrogens with zero attached hydrogens (tertiary/aromatic N) is 2. The van der Waals surface area contributed by atoms with Crippen LogP contribution < -0.4 is 0 Å². The third-order valence-electron chi connectivity index (χ3n) is 1.36. The van der Waals surface area contributed by atoms with E-state index in [1.165, 1.54) is 19.2 Å². The maximum atomic E-state index is 5.10. The summed E-state index contributed by atoms with van der Waals surface area (Å²) in [6.45, 7) is 5.16. The molecule has 0 radical (unpaired) electrons. The monoisotopic (exact) mass is 170 g/mol. The molecule has 3 nitrogen and oxygen atoms in total. The lowest BCUT2D eigenvalue weighted by Gasteiger charge is -2.02. The van der Waals surface area contributed by atoms with Crippen molar-refractivity contribution in [3.8, 4) is 0 Å². The molecule has 0 rings (SSSR count). The number of ether oxygens (including phenoxy) is 1. The van der Waals surface area contributed by atoms with Crippen molar-refractivity contribution in [3.63, 3.8) is 0 Å². The average molecular weight is 170 g/mol. The van der Waals surface area contributed by atoms with Gasteiger partial charge in [0.25, 0.3) is 0 Å². The van der Waals surface area contributed by atoms with E-state index in [9.17, 15) is 0 Å². The van der Waals surface area contributed by atoms with Crippen molar-refractivity contribution < 1.29 is 4.74 Å². The lowest BCUT2D eigenvalue weighted by Crippen LogP contribution is -1.95. The fraction of sp³-hybridized carbons (Fsp3) is 0.778. The van der Waals surface area contributed by atoms with Crippen molar-refractivity contribution >= 4 is 12.7 Å². The molecule has 0 amide bonds. The lowest BCUT2D eigenvalue weighted by atomic mass is 10.1. The van der Waals surface area contributed by atoms with Crippen molar-refractivity contribution in [2.75, 3.05) is 13.7 Å². The van der Waals surface area contributed by atoms with Crippen LogP contribution in [0.5, 0.6) is 0 Å². The highest BCUT2D eigenvalue weighted by molar-refractivity contribution is 5.67. The van der Waals surface area contributed by atoms with Crippen LogP contribution in [0.4, 0.5) is 0 Å². The Balaban J connectivity index is 3.10. The molecule has 0 unspecified atom stereocenters. The predicted octanol–water partition coefficient (Wildman–Crippen LogP) is 2.13. The molecule has 0 N–H and O–H groups in total. The highest BCUT2D eigenvalue weighted by atomic mass is 16.5. The van der Waals surface area contributed by atoms with E-state index in [0.29, 0.717) is 0 Å². The smallest absolute Gasteiger partial charge is 0.175 e. The molecule has 0 aliphatic carbocycles. The van der Waals surface area contributed by atoms with E-state index in [2.05, 4.69) is 23.8 Å². The van der Waals surface area contributed by atoms with Gasteiger partial charge in [-0.1, -0.05) is 13.8 Å². The molecular formula is C9H18N2O. The largest absolute Gasteiger partial charge is 0.483 e. The SMILES string of the molecule is C/N=C\N=C/OCCCC(C)C. The van der Waals surface area contributed by atoms with Crippen LogP contribution in [0.2, 0.25) is 0 Å². The Morgan fingerprint density at radius 2 is 2.17 bits per heavy atom. The van der Waals surface area contributed by atoms with E-state index in [4.69, 9.17) is 4.74 Å². The first kappa shape index (κ1) is 11.1. The normalized spacial score (nSPS) is 12.0. The van der Waals surface area contributed by atoms with Gasteiger partial charge in [0.2, 0.25) is 0 Å².